The molecule has 11 heteroatoms. The minimum absolute atomic E-state index is 0.0628. The van der Waals surface area contributed by atoms with Crippen LogP contribution in [0.5, 0.6) is 11.5 Å². The Morgan fingerprint density at radius 1 is 1.10 bits per heavy atom. The van der Waals surface area contributed by atoms with E-state index in [0.717, 1.165) is 10.6 Å². The molecular weight excluding hydrogens is 394 g/mol. The van der Waals surface area contributed by atoms with E-state index in [1.54, 1.807) is 25.1 Å². The molecule has 11 nitrogen and oxygen atoms in total. The number of ether oxygens (including phenoxy) is 3. The molecule has 0 saturated carbocycles. The third-order valence-corrected chi connectivity index (χ3v) is 4.00. The van der Waals surface area contributed by atoms with Crippen molar-refractivity contribution in [2.24, 2.45) is 24.3 Å². The van der Waals surface area contributed by atoms with Crippen LogP contribution in [0, 0.1) is 0 Å². The van der Waals surface area contributed by atoms with E-state index in [0.29, 0.717) is 17.2 Å². The fraction of sp³-hybridized carbons (Fsp3) is 0.316. The van der Waals surface area contributed by atoms with Gasteiger partial charge >= 0.3 is 11.7 Å². The molecule has 0 amide bonds. The number of rotatable bonds is 8. The van der Waals surface area contributed by atoms with Crippen LogP contribution in [0.2, 0.25) is 0 Å². The first-order valence-electron chi connectivity index (χ1n) is 8.87. The Morgan fingerprint density at radius 3 is 2.43 bits per heavy atom. The van der Waals surface area contributed by atoms with E-state index < -0.39 is 17.2 Å². The molecule has 160 valence electrons. The highest BCUT2D eigenvalue weighted by atomic mass is 16.5. The smallest absolute Gasteiger partial charge is 0.332 e. The lowest BCUT2D eigenvalue weighted by atomic mass is 10.3. The molecular formula is C19H23N5O6. The molecule has 1 aromatic carbocycles. The number of carbonyl (C=O) groups excluding carboxylic acids is 1. The number of nitrogens with one attached hydrogen (secondary N) is 1. The number of benzene rings is 1. The van der Waals surface area contributed by atoms with Gasteiger partial charge in [0.25, 0.3) is 5.56 Å². The first-order chi connectivity index (χ1) is 14.3. The maximum atomic E-state index is 12.6. The second-order valence-electron chi connectivity index (χ2n) is 5.87. The quantitative estimate of drug-likeness (QED) is 0.395. The Hall–Kier alpha value is -3.89. The SMILES string of the molecule is CCOC(=O)/C=C\Nc1c(N=Nc2ccc(OC)c(OC)c2)c(=O)n(C)c(=O)n1C. The molecule has 1 heterocycles. The molecule has 0 bridgehead atoms. The van der Waals surface area contributed by atoms with Crippen molar-refractivity contribution in [1.29, 1.82) is 0 Å². The molecule has 0 saturated heterocycles. The van der Waals surface area contributed by atoms with Gasteiger partial charge in [-0.2, -0.15) is 5.11 Å². The summed E-state index contributed by atoms with van der Waals surface area (Å²) in [6, 6.07) is 4.86. The Labute approximate surface area is 172 Å². The van der Waals surface area contributed by atoms with Gasteiger partial charge in [0.2, 0.25) is 0 Å². The molecule has 30 heavy (non-hydrogen) atoms. The second-order valence-corrected chi connectivity index (χ2v) is 5.87. The van der Waals surface area contributed by atoms with Crippen LogP contribution in [0.4, 0.5) is 17.2 Å². The zero-order chi connectivity index (χ0) is 22.3. The van der Waals surface area contributed by atoms with Gasteiger partial charge in [-0.3, -0.25) is 13.9 Å². The van der Waals surface area contributed by atoms with Gasteiger partial charge in [-0.1, -0.05) is 0 Å². The number of aromatic nitrogens is 2. The number of carbonyl (C=O) groups is 1. The van der Waals surface area contributed by atoms with Gasteiger partial charge in [0.05, 0.1) is 26.5 Å². The normalized spacial score (nSPS) is 11.1. The summed E-state index contributed by atoms with van der Waals surface area (Å²) in [4.78, 5) is 36.3. The average Bonchev–Trinajstić information content (AvgIpc) is 2.75. The van der Waals surface area contributed by atoms with E-state index in [2.05, 4.69) is 15.5 Å². The molecule has 0 aliphatic carbocycles. The van der Waals surface area contributed by atoms with Gasteiger partial charge in [0.1, 0.15) is 5.82 Å². The lowest BCUT2D eigenvalue weighted by Crippen LogP contribution is -2.37. The number of hydrogen-bond donors (Lipinski definition) is 1. The van der Waals surface area contributed by atoms with E-state index in [9.17, 15) is 14.4 Å². The first kappa shape index (κ1) is 22.4. The van der Waals surface area contributed by atoms with E-state index in [-0.39, 0.29) is 18.1 Å². The molecule has 0 aliphatic heterocycles. The van der Waals surface area contributed by atoms with Crippen LogP contribution in [0.3, 0.4) is 0 Å². The summed E-state index contributed by atoms with van der Waals surface area (Å²) in [5.41, 5.74) is -0.953. The van der Waals surface area contributed by atoms with Gasteiger partial charge in [0, 0.05) is 32.4 Å². The molecule has 0 unspecified atom stereocenters. The predicted molar refractivity (Wildman–Crippen MR) is 110 cm³/mol. The minimum atomic E-state index is -0.658. The topological polar surface area (TPSA) is 126 Å². The fourth-order valence-electron chi connectivity index (χ4n) is 2.46. The molecule has 2 rings (SSSR count). The van der Waals surface area contributed by atoms with E-state index in [1.807, 2.05) is 0 Å². The summed E-state index contributed by atoms with van der Waals surface area (Å²) >= 11 is 0. The number of nitrogens with zero attached hydrogens (tertiary/aromatic N) is 4. The van der Waals surface area contributed by atoms with Crippen molar-refractivity contribution in [3.63, 3.8) is 0 Å². The van der Waals surface area contributed by atoms with Gasteiger partial charge < -0.3 is 19.5 Å². The number of anilines is 1. The third-order valence-electron chi connectivity index (χ3n) is 4.00. The maximum Gasteiger partial charge on any atom is 0.332 e. The van der Waals surface area contributed by atoms with Crippen molar-refractivity contribution in [2.75, 3.05) is 26.1 Å². The molecule has 1 N–H and O–H groups in total. The van der Waals surface area contributed by atoms with Crippen LogP contribution < -0.4 is 26.0 Å². The predicted octanol–water partition coefficient (Wildman–Crippen LogP) is 2.01. The van der Waals surface area contributed by atoms with Crippen LogP contribution in [0.15, 0.2) is 50.3 Å². The molecule has 0 fully saturated rings. The van der Waals surface area contributed by atoms with Crippen molar-refractivity contribution in [2.45, 2.75) is 6.92 Å². The summed E-state index contributed by atoms with van der Waals surface area (Å²) in [5, 5.41) is 10.8. The molecule has 2 aromatic rings. The van der Waals surface area contributed by atoms with Gasteiger partial charge in [-0.05, 0) is 19.1 Å². The summed E-state index contributed by atoms with van der Waals surface area (Å²) in [6.07, 6.45) is 2.38. The van der Waals surface area contributed by atoms with Crippen LogP contribution in [-0.4, -0.2) is 35.9 Å². The highest BCUT2D eigenvalue weighted by molar-refractivity contribution is 5.82. The monoisotopic (exact) mass is 417 g/mol. The first-order valence-corrected chi connectivity index (χ1v) is 8.87. The maximum absolute atomic E-state index is 12.6. The number of hydrogen-bond acceptors (Lipinski definition) is 9. The zero-order valence-corrected chi connectivity index (χ0v) is 17.3. The highest BCUT2D eigenvalue weighted by Gasteiger charge is 2.15. The summed E-state index contributed by atoms with van der Waals surface area (Å²) < 4.78 is 17.3. The van der Waals surface area contributed by atoms with Crippen LogP contribution in [0.25, 0.3) is 0 Å². The average molecular weight is 417 g/mol. The lowest BCUT2D eigenvalue weighted by Gasteiger charge is -2.11. The largest absolute Gasteiger partial charge is 0.493 e. The standard InChI is InChI=1S/C19H23N5O6/c1-6-30-15(25)9-10-20-17-16(18(26)24(3)19(27)23(17)2)22-21-12-7-8-13(28-4)14(11-12)29-5/h7-11,20H,6H2,1-5H3/b10-9-,22-21?. The molecule has 0 spiro atoms. The summed E-state index contributed by atoms with van der Waals surface area (Å²) in [7, 11) is 5.78. The number of methoxy groups -OCH3 is 2. The van der Waals surface area contributed by atoms with Crippen LogP contribution >= 0.6 is 0 Å². The molecule has 0 atom stereocenters. The van der Waals surface area contributed by atoms with Gasteiger partial charge in [-0.25, -0.2) is 9.59 Å². The summed E-state index contributed by atoms with van der Waals surface area (Å²) in [5.74, 6) is 0.444. The zero-order valence-electron chi connectivity index (χ0n) is 17.3. The molecule has 0 aliphatic rings. The highest BCUT2D eigenvalue weighted by Crippen LogP contribution is 2.32. The van der Waals surface area contributed by atoms with Gasteiger partial charge in [0.15, 0.2) is 17.2 Å². The third kappa shape index (κ3) is 4.93. The lowest BCUT2D eigenvalue weighted by molar-refractivity contribution is -0.137. The number of azo groups is 1. The Kier molecular flexibility index (Phi) is 7.50. The summed E-state index contributed by atoms with van der Waals surface area (Å²) in [6.45, 7) is 1.90. The van der Waals surface area contributed by atoms with Crippen molar-refractivity contribution < 1.29 is 19.0 Å². The second kappa shape index (κ2) is 10.0. The van der Waals surface area contributed by atoms with E-state index in [4.69, 9.17) is 14.2 Å². The van der Waals surface area contributed by atoms with Crippen molar-refractivity contribution in [3.8, 4) is 11.5 Å². The van der Waals surface area contributed by atoms with Gasteiger partial charge in [-0.15, -0.1) is 5.11 Å². The number of esters is 1. The molecule has 1 aromatic heterocycles. The fourth-order valence-corrected chi connectivity index (χ4v) is 2.46. The Morgan fingerprint density at radius 2 is 1.80 bits per heavy atom. The van der Waals surface area contributed by atoms with E-state index in [1.165, 1.54) is 39.1 Å². The Bertz CT molecular complexity index is 1100. The molecule has 0 radical (unpaired) electrons. The van der Waals surface area contributed by atoms with E-state index >= 15 is 0 Å². The van der Waals surface area contributed by atoms with Crippen LogP contribution in [0.1, 0.15) is 6.92 Å². The Balaban J connectivity index is 2.48. The van der Waals surface area contributed by atoms with Crippen LogP contribution in [-0.2, 0) is 23.6 Å². The van der Waals surface area contributed by atoms with Crippen molar-refractivity contribution >= 4 is 23.2 Å². The van der Waals surface area contributed by atoms with Crippen molar-refractivity contribution in [3.05, 3.63) is 51.3 Å². The van der Waals surface area contributed by atoms with Crippen molar-refractivity contribution in [1.82, 2.24) is 9.13 Å². The minimum Gasteiger partial charge on any atom is -0.493 e.